The molecule has 0 aliphatic rings. The summed E-state index contributed by atoms with van der Waals surface area (Å²) in [6.45, 7) is 5.99. The molecule has 0 saturated carbocycles. The fourth-order valence-corrected chi connectivity index (χ4v) is 3.08. The summed E-state index contributed by atoms with van der Waals surface area (Å²) in [6, 6.07) is 6.35. The van der Waals surface area contributed by atoms with E-state index in [-0.39, 0.29) is 0 Å². The third-order valence-corrected chi connectivity index (χ3v) is 4.15. The van der Waals surface area contributed by atoms with Crippen LogP contribution in [0.1, 0.15) is 24.7 Å². The van der Waals surface area contributed by atoms with Gasteiger partial charge in [-0.15, -0.1) is 5.10 Å². The number of aromatic nitrogens is 3. The summed E-state index contributed by atoms with van der Waals surface area (Å²) in [6.07, 6.45) is 1.15. The Morgan fingerprint density at radius 1 is 1.42 bits per heavy atom. The van der Waals surface area contributed by atoms with E-state index < -0.39 is 0 Å². The number of hydrogen-bond acceptors (Lipinski definition) is 4. The van der Waals surface area contributed by atoms with Crippen LogP contribution in [0.25, 0.3) is 0 Å². The second-order valence-corrected chi connectivity index (χ2v) is 6.13. The third kappa shape index (κ3) is 4.33. The molecule has 0 spiro atoms. The summed E-state index contributed by atoms with van der Waals surface area (Å²) in [5, 5.41) is 11.1. The smallest absolute Gasteiger partial charge is 0.213 e. The predicted molar refractivity (Wildman–Crippen MR) is 81.4 cm³/mol. The summed E-state index contributed by atoms with van der Waals surface area (Å²) in [7, 11) is 0. The number of rotatable bonds is 6. The minimum absolute atomic E-state index is 0.751. The van der Waals surface area contributed by atoms with Crippen LogP contribution in [0.5, 0.6) is 0 Å². The van der Waals surface area contributed by atoms with Crippen molar-refractivity contribution in [3.8, 4) is 0 Å². The van der Waals surface area contributed by atoms with E-state index in [2.05, 4.69) is 61.6 Å². The van der Waals surface area contributed by atoms with Crippen LogP contribution in [-0.4, -0.2) is 21.7 Å². The van der Waals surface area contributed by atoms with Crippen LogP contribution in [0.15, 0.2) is 32.7 Å². The van der Waals surface area contributed by atoms with E-state index >= 15 is 0 Å². The summed E-state index contributed by atoms with van der Waals surface area (Å²) < 4.78 is 1.12. The molecule has 1 aromatic heterocycles. The number of halogens is 1. The minimum Gasteiger partial charge on any atom is -0.313 e. The maximum atomic E-state index is 4.29. The van der Waals surface area contributed by atoms with Gasteiger partial charge in [0.2, 0.25) is 5.16 Å². The molecule has 102 valence electrons. The summed E-state index contributed by atoms with van der Waals surface area (Å²) >= 11 is 5.17. The van der Waals surface area contributed by atoms with Crippen LogP contribution in [0, 0.1) is 6.92 Å². The van der Waals surface area contributed by atoms with E-state index in [9.17, 15) is 0 Å². The topological polar surface area (TPSA) is 53.6 Å². The van der Waals surface area contributed by atoms with E-state index in [0.29, 0.717) is 0 Å². The maximum absolute atomic E-state index is 4.29. The number of hydrogen-bond donors (Lipinski definition) is 2. The average molecular weight is 341 g/mol. The first-order valence-electron chi connectivity index (χ1n) is 6.25. The summed E-state index contributed by atoms with van der Waals surface area (Å²) in [4.78, 5) is 5.42. The lowest BCUT2D eigenvalue weighted by molar-refractivity contribution is 0.673. The Bertz CT molecular complexity index is 541. The Hall–Kier alpha value is -0.850. The number of aromatic amines is 1. The molecule has 4 nitrogen and oxygen atoms in total. The molecule has 0 unspecified atom stereocenters. The van der Waals surface area contributed by atoms with Crippen molar-refractivity contribution in [3.05, 3.63) is 34.1 Å². The minimum atomic E-state index is 0.751. The van der Waals surface area contributed by atoms with Crippen molar-refractivity contribution in [1.29, 1.82) is 0 Å². The van der Waals surface area contributed by atoms with Gasteiger partial charge in [0.25, 0.3) is 0 Å². The zero-order valence-corrected chi connectivity index (χ0v) is 13.4. The standard InChI is InChI=1S/C13H17BrN4S/c1-3-6-15-8-10-4-5-11(7-12(10)14)19-13-16-9(2)17-18-13/h4-5,7,15H,3,6,8H2,1-2H3,(H,16,17,18). The molecule has 0 aliphatic carbocycles. The van der Waals surface area contributed by atoms with Gasteiger partial charge in [-0.05, 0) is 49.3 Å². The first-order chi connectivity index (χ1) is 9.19. The lowest BCUT2D eigenvalue weighted by atomic mass is 10.2. The molecule has 2 rings (SSSR count). The number of aryl methyl sites for hydroxylation is 1. The number of benzene rings is 1. The van der Waals surface area contributed by atoms with Crippen LogP contribution in [-0.2, 0) is 6.54 Å². The number of H-pyrrole nitrogens is 1. The van der Waals surface area contributed by atoms with Crippen molar-refractivity contribution in [2.75, 3.05) is 6.54 Å². The Morgan fingerprint density at radius 2 is 2.26 bits per heavy atom. The maximum Gasteiger partial charge on any atom is 0.213 e. The molecule has 2 N–H and O–H groups in total. The molecule has 0 bridgehead atoms. The molecule has 1 aromatic carbocycles. The van der Waals surface area contributed by atoms with Gasteiger partial charge in [-0.25, -0.2) is 4.98 Å². The van der Waals surface area contributed by atoms with E-state index in [0.717, 1.165) is 39.9 Å². The van der Waals surface area contributed by atoms with Gasteiger partial charge in [-0.1, -0.05) is 28.9 Å². The molecule has 6 heteroatoms. The molecule has 0 radical (unpaired) electrons. The lowest BCUT2D eigenvalue weighted by Crippen LogP contribution is -2.14. The summed E-state index contributed by atoms with van der Waals surface area (Å²) in [5.74, 6) is 0.835. The Balaban J connectivity index is 2.01. The van der Waals surface area contributed by atoms with Gasteiger partial charge in [0.15, 0.2) is 0 Å². The van der Waals surface area contributed by atoms with Gasteiger partial charge in [0, 0.05) is 15.9 Å². The molecule has 1 heterocycles. The molecule has 2 aromatic rings. The monoisotopic (exact) mass is 340 g/mol. The largest absolute Gasteiger partial charge is 0.313 e. The van der Waals surface area contributed by atoms with Crippen LogP contribution < -0.4 is 5.32 Å². The first kappa shape index (κ1) is 14.6. The van der Waals surface area contributed by atoms with Gasteiger partial charge >= 0.3 is 0 Å². The normalized spacial score (nSPS) is 10.9. The van der Waals surface area contributed by atoms with Crippen molar-refractivity contribution < 1.29 is 0 Å². The van der Waals surface area contributed by atoms with Crippen molar-refractivity contribution in [3.63, 3.8) is 0 Å². The highest BCUT2D eigenvalue weighted by molar-refractivity contribution is 9.10. The predicted octanol–water partition coefficient (Wildman–Crippen LogP) is 3.53. The zero-order valence-electron chi connectivity index (χ0n) is 11.0. The quantitative estimate of drug-likeness (QED) is 0.790. The van der Waals surface area contributed by atoms with Crippen LogP contribution >= 0.6 is 27.7 Å². The molecule has 19 heavy (non-hydrogen) atoms. The van der Waals surface area contributed by atoms with Gasteiger partial charge in [0.05, 0.1) is 0 Å². The lowest BCUT2D eigenvalue weighted by Gasteiger charge is -2.07. The molecule has 0 saturated heterocycles. The molecule has 0 aliphatic heterocycles. The van der Waals surface area contributed by atoms with Crippen LogP contribution in [0.2, 0.25) is 0 Å². The van der Waals surface area contributed by atoms with Crippen molar-refractivity contribution in [1.82, 2.24) is 20.5 Å². The second-order valence-electron chi connectivity index (χ2n) is 4.24. The van der Waals surface area contributed by atoms with Gasteiger partial charge in [0.1, 0.15) is 5.82 Å². The Morgan fingerprint density at radius 3 is 2.89 bits per heavy atom. The fourth-order valence-electron chi connectivity index (χ4n) is 1.61. The number of nitrogens with one attached hydrogen (secondary N) is 2. The van der Waals surface area contributed by atoms with E-state index in [1.807, 2.05) is 6.92 Å². The highest BCUT2D eigenvalue weighted by Crippen LogP contribution is 2.28. The average Bonchev–Trinajstić information content (AvgIpc) is 2.78. The fraction of sp³-hybridized carbons (Fsp3) is 0.385. The molecule has 0 amide bonds. The van der Waals surface area contributed by atoms with Gasteiger partial charge < -0.3 is 5.32 Å². The van der Waals surface area contributed by atoms with Gasteiger partial charge in [-0.2, -0.15) is 0 Å². The van der Waals surface area contributed by atoms with Gasteiger partial charge in [-0.3, -0.25) is 5.10 Å². The molecule has 0 fully saturated rings. The third-order valence-electron chi connectivity index (χ3n) is 2.55. The van der Waals surface area contributed by atoms with Crippen LogP contribution in [0.4, 0.5) is 0 Å². The number of nitrogens with zero attached hydrogens (tertiary/aromatic N) is 2. The Labute approximate surface area is 125 Å². The van der Waals surface area contributed by atoms with Crippen molar-refractivity contribution in [2.45, 2.75) is 36.9 Å². The van der Waals surface area contributed by atoms with Crippen molar-refractivity contribution >= 4 is 27.7 Å². The SMILES string of the molecule is CCCNCc1ccc(Sc2n[nH]c(C)n2)cc1Br. The van der Waals surface area contributed by atoms with Crippen molar-refractivity contribution in [2.24, 2.45) is 0 Å². The van der Waals surface area contributed by atoms with E-state index in [4.69, 9.17) is 0 Å². The van der Waals surface area contributed by atoms with Crippen LogP contribution in [0.3, 0.4) is 0 Å². The first-order valence-corrected chi connectivity index (χ1v) is 7.86. The van der Waals surface area contributed by atoms with E-state index in [1.54, 1.807) is 11.8 Å². The zero-order chi connectivity index (χ0) is 13.7. The highest BCUT2D eigenvalue weighted by atomic mass is 79.9. The highest BCUT2D eigenvalue weighted by Gasteiger charge is 2.06. The molecular formula is C13H17BrN4S. The second kappa shape index (κ2) is 7.07. The van der Waals surface area contributed by atoms with E-state index in [1.165, 1.54) is 5.56 Å². The summed E-state index contributed by atoms with van der Waals surface area (Å²) in [5.41, 5.74) is 1.27. The Kier molecular flexibility index (Phi) is 5.42. The molecular weight excluding hydrogens is 324 g/mol. The molecule has 0 atom stereocenters.